The van der Waals surface area contributed by atoms with E-state index < -0.39 is 29.9 Å². The Morgan fingerprint density at radius 1 is 0.947 bits per heavy atom. The number of carbonyl (C=O) groups excluding carboxylic acids is 3. The normalized spacial score (nSPS) is 12.8. The number of benzene rings is 2. The number of amides is 1. The van der Waals surface area contributed by atoms with Gasteiger partial charge in [-0.05, 0) is 54.3 Å². The molecule has 2 atom stereocenters. The predicted octanol–water partition coefficient (Wildman–Crippen LogP) is 4.20. The Labute approximate surface area is 233 Å². The van der Waals surface area contributed by atoms with E-state index in [-0.39, 0.29) is 17.5 Å². The van der Waals surface area contributed by atoms with Crippen molar-refractivity contribution in [2.45, 2.75) is 39.8 Å². The summed E-state index contributed by atoms with van der Waals surface area (Å²) in [4.78, 5) is 47.6. The van der Waals surface area contributed by atoms with Crippen molar-refractivity contribution in [1.29, 1.82) is 0 Å². The summed E-state index contributed by atoms with van der Waals surface area (Å²) >= 11 is 9.45. The molecule has 10 nitrogen and oxygen atoms in total. The van der Waals surface area contributed by atoms with Crippen LogP contribution < -0.4 is 16.7 Å². The van der Waals surface area contributed by atoms with Gasteiger partial charge in [0.05, 0.1) is 11.4 Å². The molecule has 1 heterocycles. The van der Waals surface area contributed by atoms with Crippen LogP contribution in [-0.4, -0.2) is 39.7 Å². The van der Waals surface area contributed by atoms with Crippen LogP contribution in [-0.2, 0) is 19.3 Å². The summed E-state index contributed by atoms with van der Waals surface area (Å²) in [6.07, 6.45) is 0. The Hall–Kier alpha value is -3.25. The van der Waals surface area contributed by atoms with E-state index >= 15 is 0 Å². The van der Waals surface area contributed by atoms with Gasteiger partial charge in [0, 0.05) is 15.1 Å². The Morgan fingerprint density at radius 2 is 1.58 bits per heavy atom. The molecule has 0 spiro atoms. The molecule has 3 aromatic rings. The van der Waals surface area contributed by atoms with Gasteiger partial charge in [0.25, 0.3) is 0 Å². The molecule has 0 aliphatic carbocycles. The lowest BCUT2D eigenvalue weighted by Crippen LogP contribution is -2.48. The Balaban J connectivity index is 1.76. The van der Waals surface area contributed by atoms with Crippen molar-refractivity contribution >= 4 is 45.4 Å². The molecule has 0 saturated heterocycles. The molecule has 2 aromatic carbocycles. The van der Waals surface area contributed by atoms with Crippen molar-refractivity contribution in [3.8, 4) is 16.9 Å². The minimum absolute atomic E-state index is 0.00839. The van der Waals surface area contributed by atoms with Crippen LogP contribution in [0.1, 0.15) is 38.2 Å². The first-order valence-electron chi connectivity index (χ1n) is 11.8. The SMILES string of the molecule is CC(C)[C@@H](N)C(=O)ON[C@@H](C(=O)ONC(=O)c1cc(-c2ccc(Br)cc2)n(-c2ccc(Cl)cc2)n1)C(C)C. The number of hydrogen-bond acceptors (Lipinski definition) is 8. The molecule has 3 rings (SSSR count). The van der Waals surface area contributed by atoms with Gasteiger partial charge in [-0.3, -0.25) is 4.79 Å². The second-order valence-electron chi connectivity index (χ2n) is 9.19. The third-order valence-corrected chi connectivity index (χ3v) is 6.38. The molecule has 202 valence electrons. The molecule has 4 N–H and O–H groups in total. The van der Waals surface area contributed by atoms with Crippen LogP contribution in [0.3, 0.4) is 0 Å². The van der Waals surface area contributed by atoms with Crippen molar-refractivity contribution < 1.29 is 24.1 Å². The van der Waals surface area contributed by atoms with Crippen LogP contribution in [0.4, 0.5) is 0 Å². The highest BCUT2D eigenvalue weighted by Gasteiger charge is 2.29. The number of nitrogens with zero attached hydrogens (tertiary/aromatic N) is 2. The van der Waals surface area contributed by atoms with E-state index in [1.165, 1.54) is 0 Å². The molecule has 0 saturated carbocycles. The van der Waals surface area contributed by atoms with Gasteiger partial charge in [-0.15, -0.1) is 5.48 Å². The molecular weight excluding hydrogens is 578 g/mol. The Kier molecular flexibility index (Phi) is 10.0. The average molecular weight is 607 g/mol. The monoisotopic (exact) mass is 605 g/mol. The maximum atomic E-state index is 12.9. The maximum absolute atomic E-state index is 12.9. The van der Waals surface area contributed by atoms with E-state index in [0.29, 0.717) is 16.4 Å². The van der Waals surface area contributed by atoms with E-state index in [2.05, 4.69) is 32.0 Å². The topological polar surface area (TPSA) is 138 Å². The van der Waals surface area contributed by atoms with Crippen molar-refractivity contribution in [3.05, 3.63) is 69.8 Å². The summed E-state index contributed by atoms with van der Waals surface area (Å²) in [5.41, 5.74) is 12.4. The van der Waals surface area contributed by atoms with Crippen molar-refractivity contribution in [2.24, 2.45) is 17.6 Å². The number of carbonyl (C=O) groups is 3. The fraction of sp³-hybridized carbons (Fsp3) is 0.308. The highest BCUT2D eigenvalue weighted by atomic mass is 79.9. The van der Waals surface area contributed by atoms with Gasteiger partial charge in [-0.1, -0.05) is 67.4 Å². The van der Waals surface area contributed by atoms with Crippen molar-refractivity contribution in [3.63, 3.8) is 0 Å². The minimum Gasteiger partial charge on any atom is -0.368 e. The standard InChI is InChI=1S/C26H29BrClN5O5/c1-14(2)22(29)25(35)37-31-23(15(3)4)26(36)38-32-24(34)20-13-21(16-5-7-17(27)8-6-16)33(30-20)19-11-9-18(28)10-12-19/h5-15,22-23,31H,29H2,1-4H3,(H,32,34)/t22-,23-/m1/s1. The van der Waals surface area contributed by atoms with Gasteiger partial charge < -0.3 is 15.4 Å². The highest BCUT2D eigenvalue weighted by Crippen LogP contribution is 2.26. The van der Waals surface area contributed by atoms with Crippen molar-refractivity contribution in [2.75, 3.05) is 0 Å². The van der Waals surface area contributed by atoms with Gasteiger partial charge in [0.1, 0.15) is 12.1 Å². The quantitative estimate of drug-likeness (QED) is 0.308. The Bertz CT molecular complexity index is 1220. The minimum atomic E-state index is -1.05. The van der Waals surface area contributed by atoms with Crippen LogP contribution in [0.25, 0.3) is 16.9 Å². The largest absolute Gasteiger partial charge is 0.368 e. The zero-order valence-corrected chi connectivity index (χ0v) is 23.6. The highest BCUT2D eigenvalue weighted by molar-refractivity contribution is 9.10. The number of aromatic nitrogens is 2. The molecule has 0 aliphatic rings. The van der Waals surface area contributed by atoms with E-state index in [4.69, 9.17) is 27.0 Å². The fourth-order valence-corrected chi connectivity index (χ4v) is 3.62. The van der Waals surface area contributed by atoms with E-state index in [9.17, 15) is 14.4 Å². The summed E-state index contributed by atoms with van der Waals surface area (Å²) < 4.78 is 2.49. The lowest BCUT2D eigenvalue weighted by molar-refractivity contribution is -0.166. The first-order valence-corrected chi connectivity index (χ1v) is 13.0. The summed E-state index contributed by atoms with van der Waals surface area (Å²) in [5.74, 6) is -2.80. The second kappa shape index (κ2) is 13.0. The molecular formula is C26H29BrClN5O5. The molecule has 1 aromatic heterocycles. The van der Waals surface area contributed by atoms with Crippen LogP contribution >= 0.6 is 27.5 Å². The summed E-state index contributed by atoms with van der Waals surface area (Å²) in [7, 11) is 0. The van der Waals surface area contributed by atoms with E-state index in [1.54, 1.807) is 62.7 Å². The van der Waals surface area contributed by atoms with Gasteiger partial charge in [0.2, 0.25) is 0 Å². The van der Waals surface area contributed by atoms with E-state index in [0.717, 1.165) is 10.0 Å². The number of nitrogens with two attached hydrogens (primary N) is 1. The third-order valence-electron chi connectivity index (χ3n) is 5.59. The number of nitrogens with one attached hydrogen (secondary N) is 2. The molecule has 38 heavy (non-hydrogen) atoms. The summed E-state index contributed by atoms with van der Waals surface area (Å²) in [6, 6.07) is 14.1. The van der Waals surface area contributed by atoms with Crippen molar-refractivity contribution in [1.82, 2.24) is 20.7 Å². The molecule has 0 fully saturated rings. The molecule has 0 radical (unpaired) electrons. The van der Waals surface area contributed by atoms with E-state index in [1.807, 2.05) is 24.3 Å². The molecule has 0 unspecified atom stereocenters. The average Bonchev–Trinajstić information content (AvgIpc) is 3.33. The lowest BCUT2D eigenvalue weighted by atomic mass is 10.1. The van der Waals surface area contributed by atoms with Gasteiger partial charge in [0.15, 0.2) is 5.69 Å². The first kappa shape index (κ1) is 29.3. The Morgan fingerprint density at radius 3 is 2.16 bits per heavy atom. The van der Waals surface area contributed by atoms with Crippen LogP contribution in [0.15, 0.2) is 59.1 Å². The summed E-state index contributed by atoms with van der Waals surface area (Å²) in [5, 5.41) is 4.98. The third kappa shape index (κ3) is 7.41. The smallest absolute Gasteiger partial charge is 0.352 e. The maximum Gasteiger partial charge on any atom is 0.352 e. The van der Waals surface area contributed by atoms with Crippen LogP contribution in [0.2, 0.25) is 5.02 Å². The van der Waals surface area contributed by atoms with Crippen LogP contribution in [0.5, 0.6) is 0 Å². The zero-order valence-electron chi connectivity index (χ0n) is 21.3. The number of rotatable bonds is 9. The molecule has 0 aliphatic heterocycles. The second-order valence-corrected chi connectivity index (χ2v) is 10.5. The lowest BCUT2D eigenvalue weighted by Gasteiger charge is -2.21. The molecule has 1 amide bonds. The number of halogens is 2. The van der Waals surface area contributed by atoms with Gasteiger partial charge >= 0.3 is 17.8 Å². The number of hydrogen-bond donors (Lipinski definition) is 3. The van der Waals surface area contributed by atoms with Gasteiger partial charge in [-0.2, -0.15) is 10.6 Å². The van der Waals surface area contributed by atoms with Gasteiger partial charge in [-0.25, -0.2) is 14.3 Å². The first-order chi connectivity index (χ1) is 18.0. The molecule has 0 bridgehead atoms. The van der Waals surface area contributed by atoms with Crippen LogP contribution in [0, 0.1) is 11.8 Å². The number of hydroxylamine groups is 2. The summed E-state index contributed by atoms with van der Waals surface area (Å²) in [6.45, 7) is 6.97. The predicted molar refractivity (Wildman–Crippen MR) is 146 cm³/mol. The molecule has 12 heteroatoms. The zero-order chi connectivity index (χ0) is 28.0. The fourth-order valence-electron chi connectivity index (χ4n) is 3.23.